The van der Waals surface area contributed by atoms with Crippen LogP contribution in [0.15, 0.2) is 66.8 Å². The second-order valence-corrected chi connectivity index (χ2v) is 7.68. The molecule has 0 aromatic carbocycles. The first kappa shape index (κ1) is 20.8. The van der Waals surface area contributed by atoms with Gasteiger partial charge in [0.15, 0.2) is 0 Å². The molecule has 5 nitrogen and oxygen atoms in total. The summed E-state index contributed by atoms with van der Waals surface area (Å²) in [6.07, 6.45) is 6.65. The highest BCUT2D eigenvalue weighted by Gasteiger charge is 2.34. The van der Waals surface area contributed by atoms with E-state index < -0.39 is 11.7 Å². The molecule has 3 aromatic heterocycles. The Morgan fingerprint density at radius 1 is 1.13 bits per heavy atom. The van der Waals surface area contributed by atoms with Gasteiger partial charge in [0, 0.05) is 41.0 Å². The second kappa shape index (κ2) is 8.02. The third-order valence-electron chi connectivity index (χ3n) is 5.29. The second-order valence-electron chi connectivity index (χ2n) is 7.68. The number of ether oxygens (including phenoxy) is 1. The van der Waals surface area contributed by atoms with Crippen molar-refractivity contribution in [3.8, 4) is 11.4 Å². The Labute approximate surface area is 177 Å². The van der Waals surface area contributed by atoms with Crippen molar-refractivity contribution < 1.29 is 17.9 Å². The third kappa shape index (κ3) is 4.52. The fourth-order valence-electron chi connectivity index (χ4n) is 3.35. The Hall–Kier alpha value is -3.42. The van der Waals surface area contributed by atoms with E-state index in [4.69, 9.17) is 4.74 Å². The maximum Gasteiger partial charge on any atom is 0.418 e. The zero-order chi connectivity index (χ0) is 22.1. The number of pyridine rings is 2. The highest BCUT2D eigenvalue weighted by atomic mass is 19.4. The van der Waals surface area contributed by atoms with Gasteiger partial charge in [0.05, 0.1) is 11.3 Å². The molecule has 1 atom stereocenters. The van der Waals surface area contributed by atoms with Crippen molar-refractivity contribution in [3.05, 3.63) is 89.5 Å². The van der Waals surface area contributed by atoms with Gasteiger partial charge in [-0.15, -0.1) is 0 Å². The van der Waals surface area contributed by atoms with Crippen molar-refractivity contribution in [2.24, 2.45) is 0 Å². The number of halogens is 3. The van der Waals surface area contributed by atoms with Crippen LogP contribution in [0.2, 0.25) is 0 Å². The molecule has 8 heteroatoms. The topological polar surface area (TPSA) is 63.7 Å². The van der Waals surface area contributed by atoms with Crippen molar-refractivity contribution in [1.82, 2.24) is 19.9 Å². The quantitative estimate of drug-likeness (QED) is 0.584. The molecule has 1 unspecified atom stereocenters. The highest BCUT2D eigenvalue weighted by Crippen LogP contribution is 2.35. The van der Waals surface area contributed by atoms with Crippen LogP contribution < -0.4 is 0 Å². The van der Waals surface area contributed by atoms with E-state index in [2.05, 4.69) is 26.9 Å². The molecule has 4 rings (SSSR count). The minimum Gasteiger partial charge on any atom is -0.488 e. The van der Waals surface area contributed by atoms with Gasteiger partial charge in [-0.25, -0.2) is 4.98 Å². The predicted molar refractivity (Wildman–Crippen MR) is 110 cm³/mol. The van der Waals surface area contributed by atoms with Crippen LogP contribution in [0.1, 0.15) is 36.0 Å². The Morgan fingerprint density at radius 3 is 2.65 bits per heavy atom. The fourth-order valence-corrected chi connectivity index (χ4v) is 3.35. The summed E-state index contributed by atoms with van der Waals surface area (Å²) in [6.45, 7) is 3.73. The van der Waals surface area contributed by atoms with Crippen LogP contribution in [0, 0.1) is 6.92 Å². The van der Waals surface area contributed by atoms with Crippen LogP contribution in [-0.2, 0) is 22.9 Å². The number of hydrogen-bond acceptors (Lipinski definition) is 4. The normalized spacial score (nSPS) is 18.7. The van der Waals surface area contributed by atoms with Crippen LogP contribution in [0.3, 0.4) is 0 Å². The largest absolute Gasteiger partial charge is 0.488 e. The highest BCUT2D eigenvalue weighted by molar-refractivity contribution is 5.54. The first-order valence-corrected chi connectivity index (χ1v) is 9.76. The number of rotatable bonds is 5. The molecule has 31 heavy (non-hydrogen) atoms. The zero-order valence-corrected chi connectivity index (χ0v) is 17.1. The molecule has 0 radical (unpaired) electrons. The summed E-state index contributed by atoms with van der Waals surface area (Å²) in [5.41, 5.74) is 1.51. The summed E-state index contributed by atoms with van der Waals surface area (Å²) in [5, 5.41) is 0. The molecular formula is C23H21F3N4O. The number of aryl methyl sites for hydroxylation is 1. The Morgan fingerprint density at radius 2 is 1.97 bits per heavy atom. The van der Waals surface area contributed by atoms with E-state index in [9.17, 15) is 13.2 Å². The van der Waals surface area contributed by atoms with E-state index in [1.54, 1.807) is 18.5 Å². The van der Waals surface area contributed by atoms with E-state index in [-0.39, 0.29) is 17.7 Å². The number of nitrogens with zero attached hydrogens (tertiary/aromatic N) is 3. The minimum atomic E-state index is -4.46. The van der Waals surface area contributed by atoms with Crippen LogP contribution in [-0.4, -0.2) is 19.9 Å². The lowest BCUT2D eigenvalue weighted by Gasteiger charge is -2.26. The SMILES string of the molecule is Cc1ccc(-c2ncc(C3(C)C=CC(OCc4ncccc4C(F)(F)F)=CC3)[nH]2)cn1. The number of allylic oxidation sites excluding steroid dienone is 3. The molecular weight excluding hydrogens is 405 g/mol. The van der Waals surface area contributed by atoms with Crippen LogP contribution in [0.4, 0.5) is 13.2 Å². The molecule has 1 N–H and O–H groups in total. The van der Waals surface area contributed by atoms with Gasteiger partial charge in [0.2, 0.25) is 0 Å². The summed E-state index contributed by atoms with van der Waals surface area (Å²) in [5.74, 6) is 1.25. The summed E-state index contributed by atoms with van der Waals surface area (Å²) in [4.78, 5) is 15.9. The molecule has 0 fully saturated rings. The average Bonchev–Trinajstić information content (AvgIpc) is 3.25. The number of alkyl halides is 3. The minimum absolute atomic E-state index is 0.137. The number of imidazole rings is 1. The maximum absolute atomic E-state index is 13.1. The predicted octanol–water partition coefficient (Wildman–Crippen LogP) is 5.51. The standard InChI is InChI=1S/C23H21F3N4O/c1-15-5-6-16(12-28-15)21-29-13-20(30-21)22(2)9-7-17(8-10-22)31-14-19-18(23(24,25)26)4-3-11-27-19/h3-9,11-13H,10,14H2,1-2H3,(H,29,30). The lowest BCUT2D eigenvalue weighted by molar-refractivity contribution is -0.139. The lowest BCUT2D eigenvalue weighted by Crippen LogP contribution is -2.21. The maximum atomic E-state index is 13.1. The van der Waals surface area contributed by atoms with Gasteiger partial charge in [-0.2, -0.15) is 13.2 Å². The molecule has 1 aliphatic carbocycles. The summed E-state index contributed by atoms with van der Waals surface area (Å²) < 4.78 is 44.9. The van der Waals surface area contributed by atoms with Crippen molar-refractivity contribution >= 4 is 0 Å². The van der Waals surface area contributed by atoms with Crippen molar-refractivity contribution in [1.29, 1.82) is 0 Å². The van der Waals surface area contributed by atoms with E-state index in [0.717, 1.165) is 28.8 Å². The van der Waals surface area contributed by atoms with E-state index in [1.165, 1.54) is 12.3 Å². The van der Waals surface area contributed by atoms with E-state index >= 15 is 0 Å². The first-order chi connectivity index (χ1) is 14.7. The third-order valence-corrected chi connectivity index (χ3v) is 5.29. The Balaban J connectivity index is 1.44. The summed E-state index contributed by atoms with van der Waals surface area (Å²) in [7, 11) is 0. The van der Waals surface area contributed by atoms with Gasteiger partial charge in [0.25, 0.3) is 0 Å². The van der Waals surface area contributed by atoms with Gasteiger partial charge in [-0.3, -0.25) is 9.97 Å². The monoisotopic (exact) mass is 426 g/mol. The van der Waals surface area contributed by atoms with Gasteiger partial charge < -0.3 is 9.72 Å². The molecule has 0 bridgehead atoms. The fraction of sp³-hybridized carbons (Fsp3) is 0.261. The molecule has 0 saturated heterocycles. The lowest BCUT2D eigenvalue weighted by atomic mass is 9.81. The number of hydrogen-bond donors (Lipinski definition) is 1. The molecule has 0 spiro atoms. The molecule has 3 aromatic rings. The van der Waals surface area contributed by atoms with Gasteiger partial charge >= 0.3 is 6.18 Å². The van der Waals surface area contributed by atoms with Gasteiger partial charge in [0.1, 0.15) is 18.2 Å². The van der Waals surface area contributed by atoms with Gasteiger partial charge in [-0.1, -0.05) is 13.0 Å². The molecule has 0 amide bonds. The molecule has 1 aliphatic rings. The smallest absolute Gasteiger partial charge is 0.418 e. The Kier molecular flexibility index (Phi) is 5.39. The molecule has 0 saturated carbocycles. The number of nitrogens with one attached hydrogen (secondary N) is 1. The van der Waals surface area contributed by atoms with E-state index in [1.807, 2.05) is 31.2 Å². The summed E-state index contributed by atoms with van der Waals surface area (Å²) in [6, 6.07) is 6.16. The number of H-pyrrole nitrogens is 1. The van der Waals surface area contributed by atoms with Gasteiger partial charge in [-0.05, 0) is 49.8 Å². The van der Waals surface area contributed by atoms with Crippen molar-refractivity contribution in [2.45, 2.75) is 38.5 Å². The summed E-state index contributed by atoms with van der Waals surface area (Å²) >= 11 is 0. The number of aromatic amines is 1. The van der Waals surface area contributed by atoms with Crippen molar-refractivity contribution in [3.63, 3.8) is 0 Å². The van der Waals surface area contributed by atoms with Crippen LogP contribution in [0.5, 0.6) is 0 Å². The van der Waals surface area contributed by atoms with E-state index in [0.29, 0.717) is 12.2 Å². The molecule has 3 heterocycles. The van der Waals surface area contributed by atoms with Crippen molar-refractivity contribution in [2.75, 3.05) is 0 Å². The molecule has 160 valence electrons. The van der Waals surface area contributed by atoms with Crippen LogP contribution in [0.25, 0.3) is 11.4 Å². The average molecular weight is 426 g/mol. The molecule has 0 aliphatic heterocycles. The first-order valence-electron chi connectivity index (χ1n) is 9.76. The van der Waals surface area contributed by atoms with Crippen LogP contribution >= 0.6 is 0 Å². The number of aromatic nitrogens is 4. The zero-order valence-electron chi connectivity index (χ0n) is 17.1. The Bertz CT molecular complexity index is 1130.